The van der Waals surface area contributed by atoms with Gasteiger partial charge < -0.3 is 0 Å². The molecule has 0 aliphatic carbocycles. The second kappa shape index (κ2) is 6.03. The Kier molecular flexibility index (Phi) is 4.40. The molecule has 18 heavy (non-hydrogen) atoms. The summed E-state index contributed by atoms with van der Waals surface area (Å²) < 4.78 is 0. The molecular weight excluding hydrogens is 256 g/mol. The number of halogens is 1. The SMILES string of the molecule is C=CCC[Si](Cl)(c1ccccc1)c1ccccc1. The number of allylic oxidation sites excluding steroid dienone is 1. The summed E-state index contributed by atoms with van der Waals surface area (Å²) in [6.07, 6.45) is 2.91. The molecule has 0 saturated heterocycles. The van der Waals surface area contributed by atoms with Crippen molar-refractivity contribution in [3.8, 4) is 0 Å². The van der Waals surface area contributed by atoms with Gasteiger partial charge in [0.15, 0.2) is 0 Å². The highest BCUT2D eigenvalue weighted by Gasteiger charge is 2.34. The van der Waals surface area contributed by atoms with Gasteiger partial charge >= 0.3 is 0 Å². The van der Waals surface area contributed by atoms with Crippen molar-refractivity contribution in [2.75, 3.05) is 0 Å². The fourth-order valence-electron chi connectivity index (χ4n) is 2.16. The molecule has 0 fully saturated rings. The standard InChI is InChI=1S/C16H17ClSi/c1-2-3-14-18(17,15-10-6-4-7-11-15)16-12-8-5-9-13-16/h2,4-13H,1,3,14H2. The van der Waals surface area contributed by atoms with E-state index in [0.29, 0.717) is 0 Å². The third-order valence-corrected chi connectivity index (χ3v) is 8.51. The van der Waals surface area contributed by atoms with Crippen molar-refractivity contribution in [1.82, 2.24) is 0 Å². The zero-order chi connectivity index (χ0) is 12.8. The summed E-state index contributed by atoms with van der Waals surface area (Å²) in [5, 5.41) is 2.56. The van der Waals surface area contributed by atoms with Gasteiger partial charge in [-0.05, 0) is 22.8 Å². The van der Waals surface area contributed by atoms with Crippen LogP contribution in [0, 0.1) is 0 Å². The molecule has 2 aromatic carbocycles. The van der Waals surface area contributed by atoms with Crippen LogP contribution in [-0.2, 0) is 0 Å². The van der Waals surface area contributed by atoms with Gasteiger partial charge in [0.2, 0.25) is 7.38 Å². The first-order valence-corrected chi connectivity index (χ1v) is 9.40. The lowest BCUT2D eigenvalue weighted by molar-refractivity contribution is 1.20. The van der Waals surface area contributed by atoms with Crippen LogP contribution in [0.3, 0.4) is 0 Å². The fraction of sp³-hybridized carbons (Fsp3) is 0.125. The van der Waals surface area contributed by atoms with Crippen LogP contribution < -0.4 is 10.4 Å². The monoisotopic (exact) mass is 272 g/mol. The highest BCUT2D eigenvalue weighted by molar-refractivity contribution is 7.34. The van der Waals surface area contributed by atoms with Crippen LogP contribution in [-0.4, -0.2) is 7.38 Å². The van der Waals surface area contributed by atoms with Crippen molar-refractivity contribution >= 4 is 28.8 Å². The van der Waals surface area contributed by atoms with Gasteiger partial charge in [-0.3, -0.25) is 0 Å². The first-order valence-electron chi connectivity index (χ1n) is 6.18. The fourth-order valence-corrected chi connectivity index (χ4v) is 6.20. The van der Waals surface area contributed by atoms with Crippen LogP contribution in [0.4, 0.5) is 0 Å². The van der Waals surface area contributed by atoms with Gasteiger partial charge in [0.25, 0.3) is 0 Å². The van der Waals surface area contributed by atoms with E-state index >= 15 is 0 Å². The lowest BCUT2D eigenvalue weighted by atomic mass is 10.4. The van der Waals surface area contributed by atoms with Gasteiger partial charge in [-0.15, -0.1) is 6.58 Å². The van der Waals surface area contributed by atoms with E-state index in [0.717, 1.165) is 12.5 Å². The molecule has 0 bridgehead atoms. The van der Waals surface area contributed by atoms with Crippen LogP contribution in [0.15, 0.2) is 73.3 Å². The lowest BCUT2D eigenvalue weighted by Gasteiger charge is -2.25. The minimum absolute atomic E-state index is 0.958. The van der Waals surface area contributed by atoms with Crippen LogP contribution >= 0.6 is 11.1 Å². The molecule has 92 valence electrons. The molecule has 2 heteroatoms. The second-order valence-corrected chi connectivity index (χ2v) is 9.55. The Balaban J connectivity index is 2.44. The Labute approximate surface area is 115 Å². The zero-order valence-electron chi connectivity index (χ0n) is 10.4. The molecule has 0 saturated carbocycles. The van der Waals surface area contributed by atoms with Gasteiger partial charge in [-0.25, -0.2) is 0 Å². The smallest absolute Gasteiger partial charge is 0.155 e. The maximum absolute atomic E-state index is 7.06. The maximum Gasteiger partial charge on any atom is 0.217 e. The molecule has 0 atom stereocenters. The zero-order valence-corrected chi connectivity index (χ0v) is 12.1. The number of benzene rings is 2. The Morgan fingerprint density at radius 1 is 0.889 bits per heavy atom. The normalized spacial score (nSPS) is 11.2. The van der Waals surface area contributed by atoms with Crippen molar-refractivity contribution in [3.05, 3.63) is 73.3 Å². The summed E-state index contributed by atoms with van der Waals surface area (Å²) in [4.78, 5) is 0. The predicted octanol–water partition coefficient (Wildman–Crippen LogP) is 3.56. The Morgan fingerprint density at radius 2 is 1.33 bits per heavy atom. The molecule has 0 aliphatic heterocycles. The highest BCUT2D eigenvalue weighted by Crippen LogP contribution is 2.18. The van der Waals surface area contributed by atoms with Crippen LogP contribution in [0.1, 0.15) is 6.42 Å². The molecule has 0 N–H and O–H groups in total. The summed E-state index contributed by atoms with van der Waals surface area (Å²) in [6, 6.07) is 21.9. The Morgan fingerprint density at radius 3 is 1.72 bits per heavy atom. The summed E-state index contributed by atoms with van der Waals surface area (Å²) in [5.41, 5.74) is 0. The van der Waals surface area contributed by atoms with Gasteiger partial charge in [0.1, 0.15) is 0 Å². The van der Waals surface area contributed by atoms with Crippen LogP contribution in [0.25, 0.3) is 0 Å². The van der Waals surface area contributed by atoms with Gasteiger partial charge in [-0.2, -0.15) is 11.1 Å². The molecule has 0 amide bonds. The van der Waals surface area contributed by atoms with E-state index in [1.165, 1.54) is 10.4 Å². The van der Waals surface area contributed by atoms with Gasteiger partial charge in [0.05, 0.1) is 0 Å². The summed E-state index contributed by atoms with van der Waals surface area (Å²) in [7, 11) is -2.12. The van der Waals surface area contributed by atoms with Crippen molar-refractivity contribution < 1.29 is 0 Å². The van der Waals surface area contributed by atoms with E-state index in [9.17, 15) is 0 Å². The third-order valence-electron chi connectivity index (χ3n) is 3.16. The van der Waals surface area contributed by atoms with E-state index in [4.69, 9.17) is 11.1 Å². The molecule has 0 radical (unpaired) electrons. The van der Waals surface area contributed by atoms with E-state index in [1.807, 2.05) is 18.2 Å². The molecule has 0 aromatic heterocycles. The first kappa shape index (κ1) is 13.1. The average molecular weight is 273 g/mol. The van der Waals surface area contributed by atoms with Crippen molar-refractivity contribution in [2.45, 2.75) is 12.5 Å². The van der Waals surface area contributed by atoms with Crippen molar-refractivity contribution in [2.24, 2.45) is 0 Å². The quantitative estimate of drug-likeness (QED) is 0.444. The molecular formula is C16H17ClSi. The molecule has 0 unspecified atom stereocenters. The largest absolute Gasteiger partial charge is 0.217 e. The maximum atomic E-state index is 7.06. The van der Waals surface area contributed by atoms with Crippen LogP contribution in [0.2, 0.25) is 6.04 Å². The topological polar surface area (TPSA) is 0 Å². The van der Waals surface area contributed by atoms with Gasteiger partial charge in [-0.1, -0.05) is 66.7 Å². The predicted molar refractivity (Wildman–Crippen MR) is 83.4 cm³/mol. The highest BCUT2D eigenvalue weighted by atomic mass is 35.6. The molecule has 2 aromatic rings. The minimum atomic E-state index is -2.12. The number of rotatable bonds is 5. The second-order valence-electron chi connectivity index (χ2n) is 4.36. The summed E-state index contributed by atoms with van der Waals surface area (Å²) >= 11 is 7.06. The molecule has 2 rings (SSSR count). The van der Waals surface area contributed by atoms with Crippen molar-refractivity contribution in [1.29, 1.82) is 0 Å². The van der Waals surface area contributed by atoms with Crippen LogP contribution in [0.5, 0.6) is 0 Å². The number of hydrogen-bond acceptors (Lipinski definition) is 0. The van der Waals surface area contributed by atoms with E-state index < -0.39 is 7.38 Å². The summed E-state index contributed by atoms with van der Waals surface area (Å²) in [5.74, 6) is 0. The number of hydrogen-bond donors (Lipinski definition) is 0. The summed E-state index contributed by atoms with van der Waals surface area (Å²) in [6.45, 7) is 3.81. The first-order chi connectivity index (χ1) is 8.77. The van der Waals surface area contributed by atoms with E-state index in [1.54, 1.807) is 0 Å². The molecule has 0 aliphatic rings. The average Bonchev–Trinajstić information content (AvgIpc) is 2.46. The minimum Gasteiger partial charge on any atom is -0.155 e. The molecule has 0 heterocycles. The van der Waals surface area contributed by atoms with Crippen molar-refractivity contribution in [3.63, 3.8) is 0 Å². The molecule has 0 spiro atoms. The van der Waals surface area contributed by atoms with Gasteiger partial charge in [0, 0.05) is 0 Å². The Hall–Kier alpha value is -1.31. The lowest BCUT2D eigenvalue weighted by Crippen LogP contribution is -2.53. The van der Waals surface area contributed by atoms with E-state index in [2.05, 4.69) is 55.1 Å². The van der Waals surface area contributed by atoms with E-state index in [-0.39, 0.29) is 0 Å². The third kappa shape index (κ3) is 2.74. The molecule has 0 nitrogen and oxygen atoms in total. The Bertz CT molecular complexity index is 454.